The molecule has 0 fully saturated rings. The molecular weight excluding hydrogens is 492 g/mol. The fraction of sp³-hybridized carbons (Fsp3) is 0.179. The molecule has 9 heteroatoms. The minimum atomic E-state index is -0.433. The summed E-state index contributed by atoms with van der Waals surface area (Å²) in [6.07, 6.45) is 0. The topological polar surface area (TPSA) is 88.9 Å². The predicted octanol–water partition coefficient (Wildman–Crippen LogP) is 5.28. The third-order valence-electron chi connectivity index (χ3n) is 5.94. The first kappa shape index (κ1) is 24.3. The summed E-state index contributed by atoms with van der Waals surface area (Å²) < 4.78 is 24.3. The van der Waals surface area contributed by atoms with Gasteiger partial charge in [0.1, 0.15) is 16.4 Å². The van der Waals surface area contributed by atoms with Crippen LogP contribution < -0.4 is 24.5 Å². The fourth-order valence-electron chi connectivity index (χ4n) is 4.33. The number of nitrogens with zero attached hydrogens (tertiary/aromatic N) is 2. The molecule has 0 saturated heterocycles. The van der Waals surface area contributed by atoms with Crippen LogP contribution in [0.4, 0.5) is 0 Å². The van der Waals surface area contributed by atoms with Crippen LogP contribution in [-0.2, 0) is 11.3 Å². The lowest BCUT2D eigenvalue weighted by Crippen LogP contribution is -2.23. The maximum atomic E-state index is 14.1. The predicted molar refractivity (Wildman–Crippen MR) is 143 cm³/mol. The highest BCUT2D eigenvalue weighted by molar-refractivity contribution is 7.25. The standard InChI is InChI=1S/C28H24N2O6S/c1-16(31)36-20-12-8-11-19-23-27(37-25(19)20)29-26(30(28(23)32)15-17-9-6-5-7-10-17)18-13-21(33-2)24(35-4)22(14-18)34-3/h5-14H,15H2,1-4H3. The summed E-state index contributed by atoms with van der Waals surface area (Å²) in [4.78, 5) is 31.3. The molecule has 0 aliphatic heterocycles. The SMILES string of the molecule is COc1cc(-c2nc3sc4c(OC(C)=O)cccc4c3c(=O)n2Cc2ccccc2)cc(OC)c1OC. The molecule has 0 N–H and O–H groups in total. The van der Waals surface area contributed by atoms with E-state index in [2.05, 4.69) is 0 Å². The number of esters is 1. The van der Waals surface area contributed by atoms with Crippen LogP contribution in [0.5, 0.6) is 23.0 Å². The Labute approximate surface area is 216 Å². The van der Waals surface area contributed by atoms with Crippen LogP contribution in [0.2, 0.25) is 0 Å². The van der Waals surface area contributed by atoms with Crippen LogP contribution in [-0.4, -0.2) is 36.8 Å². The van der Waals surface area contributed by atoms with E-state index < -0.39 is 5.97 Å². The van der Waals surface area contributed by atoms with Crippen molar-refractivity contribution in [1.29, 1.82) is 0 Å². The van der Waals surface area contributed by atoms with E-state index >= 15 is 0 Å². The summed E-state index contributed by atoms with van der Waals surface area (Å²) in [6.45, 7) is 1.65. The highest BCUT2D eigenvalue weighted by Crippen LogP contribution is 2.42. The normalized spacial score (nSPS) is 11.0. The van der Waals surface area contributed by atoms with E-state index in [0.717, 1.165) is 5.56 Å². The van der Waals surface area contributed by atoms with Gasteiger partial charge in [0.25, 0.3) is 5.56 Å². The van der Waals surface area contributed by atoms with Crippen LogP contribution in [0, 0.1) is 0 Å². The number of aromatic nitrogens is 2. The summed E-state index contributed by atoms with van der Waals surface area (Å²) in [5.74, 6) is 1.76. The summed E-state index contributed by atoms with van der Waals surface area (Å²) in [7, 11) is 4.61. The summed E-state index contributed by atoms with van der Waals surface area (Å²) in [6, 6.07) is 18.6. The molecule has 0 atom stereocenters. The van der Waals surface area contributed by atoms with Gasteiger partial charge in [0, 0.05) is 17.9 Å². The molecule has 2 aromatic heterocycles. The lowest BCUT2D eigenvalue weighted by molar-refractivity contribution is -0.131. The Bertz CT molecular complexity index is 1670. The Morgan fingerprint density at radius 3 is 2.24 bits per heavy atom. The van der Waals surface area contributed by atoms with Gasteiger partial charge in [0.05, 0.1) is 38.0 Å². The number of carbonyl (C=O) groups is 1. The zero-order chi connectivity index (χ0) is 26.1. The minimum Gasteiger partial charge on any atom is -0.493 e. The van der Waals surface area contributed by atoms with Crippen molar-refractivity contribution in [2.75, 3.05) is 21.3 Å². The molecule has 0 radical (unpaired) electrons. The van der Waals surface area contributed by atoms with E-state index in [0.29, 0.717) is 61.2 Å². The van der Waals surface area contributed by atoms with Crippen LogP contribution in [0.1, 0.15) is 12.5 Å². The van der Waals surface area contributed by atoms with Crippen molar-refractivity contribution >= 4 is 37.6 Å². The first-order chi connectivity index (χ1) is 17.9. The van der Waals surface area contributed by atoms with Gasteiger partial charge in [-0.05, 0) is 23.8 Å². The quantitative estimate of drug-likeness (QED) is 0.215. The number of ether oxygens (including phenoxy) is 4. The molecular formula is C28H24N2O6S. The van der Waals surface area contributed by atoms with Gasteiger partial charge in [-0.1, -0.05) is 42.5 Å². The molecule has 0 amide bonds. The molecule has 0 aliphatic rings. The van der Waals surface area contributed by atoms with E-state index in [9.17, 15) is 9.59 Å². The number of carbonyl (C=O) groups excluding carboxylic acids is 1. The van der Waals surface area contributed by atoms with Crippen molar-refractivity contribution < 1.29 is 23.7 Å². The average Bonchev–Trinajstić information content (AvgIpc) is 3.29. The molecule has 37 heavy (non-hydrogen) atoms. The number of hydrogen-bond acceptors (Lipinski definition) is 8. The largest absolute Gasteiger partial charge is 0.493 e. The monoisotopic (exact) mass is 516 g/mol. The number of methoxy groups -OCH3 is 3. The molecule has 5 aromatic rings. The maximum absolute atomic E-state index is 14.1. The Morgan fingerprint density at radius 2 is 1.62 bits per heavy atom. The molecule has 0 aliphatic carbocycles. The van der Waals surface area contributed by atoms with Crippen molar-refractivity contribution in [2.24, 2.45) is 0 Å². The Morgan fingerprint density at radius 1 is 0.919 bits per heavy atom. The lowest BCUT2D eigenvalue weighted by atomic mass is 10.1. The second-order valence-corrected chi connectivity index (χ2v) is 9.23. The first-order valence-corrected chi connectivity index (χ1v) is 12.3. The molecule has 2 heterocycles. The molecule has 0 bridgehead atoms. The Hall–Kier alpha value is -4.37. The average molecular weight is 517 g/mol. The van der Waals surface area contributed by atoms with E-state index in [-0.39, 0.29) is 5.56 Å². The van der Waals surface area contributed by atoms with Gasteiger partial charge in [0.15, 0.2) is 11.5 Å². The van der Waals surface area contributed by atoms with Gasteiger partial charge in [-0.15, -0.1) is 11.3 Å². The second kappa shape index (κ2) is 9.94. The lowest BCUT2D eigenvalue weighted by Gasteiger charge is -2.17. The van der Waals surface area contributed by atoms with Crippen molar-refractivity contribution in [3.63, 3.8) is 0 Å². The van der Waals surface area contributed by atoms with E-state index in [1.807, 2.05) is 36.4 Å². The van der Waals surface area contributed by atoms with Gasteiger partial charge in [-0.2, -0.15) is 0 Å². The third-order valence-corrected chi connectivity index (χ3v) is 7.06. The highest BCUT2D eigenvalue weighted by atomic mass is 32.1. The zero-order valence-corrected chi connectivity index (χ0v) is 21.5. The molecule has 8 nitrogen and oxygen atoms in total. The van der Waals surface area contributed by atoms with E-state index in [1.54, 1.807) is 28.8 Å². The molecule has 0 saturated carbocycles. The number of thiophene rings is 1. The number of benzene rings is 3. The fourth-order valence-corrected chi connectivity index (χ4v) is 5.45. The van der Waals surface area contributed by atoms with E-state index in [4.69, 9.17) is 23.9 Å². The van der Waals surface area contributed by atoms with Crippen molar-refractivity contribution in [2.45, 2.75) is 13.5 Å². The number of hydrogen-bond donors (Lipinski definition) is 0. The van der Waals surface area contributed by atoms with Gasteiger partial charge in [-0.25, -0.2) is 4.98 Å². The molecule has 0 spiro atoms. The molecule has 3 aromatic carbocycles. The molecule has 0 unspecified atom stereocenters. The van der Waals surface area contributed by atoms with Gasteiger partial charge in [0.2, 0.25) is 5.75 Å². The van der Waals surface area contributed by atoms with E-state index in [1.165, 1.54) is 39.6 Å². The summed E-state index contributed by atoms with van der Waals surface area (Å²) >= 11 is 1.31. The smallest absolute Gasteiger partial charge is 0.308 e. The molecule has 5 rings (SSSR count). The minimum absolute atomic E-state index is 0.205. The van der Waals surface area contributed by atoms with Crippen molar-refractivity contribution in [3.05, 3.63) is 76.6 Å². The Balaban J connectivity index is 1.84. The second-order valence-electron chi connectivity index (χ2n) is 8.24. The number of rotatable bonds is 7. The summed E-state index contributed by atoms with van der Waals surface area (Å²) in [5.41, 5.74) is 1.37. The zero-order valence-electron chi connectivity index (χ0n) is 20.7. The first-order valence-electron chi connectivity index (χ1n) is 11.4. The van der Waals surface area contributed by atoms with Crippen molar-refractivity contribution in [3.8, 4) is 34.4 Å². The van der Waals surface area contributed by atoms with Gasteiger partial charge >= 0.3 is 5.97 Å². The van der Waals surface area contributed by atoms with Gasteiger partial charge in [-0.3, -0.25) is 14.2 Å². The highest BCUT2D eigenvalue weighted by Gasteiger charge is 2.22. The van der Waals surface area contributed by atoms with Crippen LogP contribution in [0.15, 0.2) is 65.5 Å². The van der Waals surface area contributed by atoms with Crippen LogP contribution in [0.3, 0.4) is 0 Å². The summed E-state index contributed by atoms with van der Waals surface area (Å²) in [5, 5.41) is 1.16. The molecule has 188 valence electrons. The van der Waals surface area contributed by atoms with Gasteiger partial charge < -0.3 is 18.9 Å². The maximum Gasteiger partial charge on any atom is 0.308 e. The van der Waals surface area contributed by atoms with Crippen LogP contribution in [0.25, 0.3) is 31.7 Å². The number of fused-ring (bicyclic) bond motifs is 3. The van der Waals surface area contributed by atoms with Crippen molar-refractivity contribution in [1.82, 2.24) is 9.55 Å². The third kappa shape index (κ3) is 4.38. The Kier molecular flexibility index (Phi) is 6.54. The van der Waals surface area contributed by atoms with Crippen LogP contribution >= 0.6 is 11.3 Å².